The molecule has 0 bridgehead atoms. The van der Waals surface area contributed by atoms with Crippen LogP contribution in [0.25, 0.3) is 11.1 Å². The number of aliphatic hydroxyl groups excluding tert-OH is 1. The maximum absolute atomic E-state index is 9.45. The molecular weight excluding hydrogens is 172 g/mol. The number of hydrogen-bond donors (Lipinski definition) is 3. The second-order valence-corrected chi connectivity index (χ2v) is 2.75. The van der Waals surface area contributed by atoms with Crippen LogP contribution in [-0.2, 0) is 4.79 Å². The normalized spacial score (nSPS) is 12.5. The van der Waals surface area contributed by atoms with Crippen LogP contribution in [0, 0.1) is 0 Å². The number of rotatable bonds is 1. The molecule has 0 amide bonds. The second kappa shape index (κ2) is 3.45. The average Bonchev–Trinajstić information content (AvgIpc) is 2.00. The van der Waals surface area contributed by atoms with Crippen molar-refractivity contribution >= 4 is 5.97 Å². The fourth-order valence-electron chi connectivity index (χ4n) is 0.769. The highest BCUT2D eigenvalue weighted by Crippen LogP contribution is 2.41. The van der Waals surface area contributed by atoms with Gasteiger partial charge in [0.25, 0.3) is 0 Å². The summed E-state index contributed by atoms with van der Waals surface area (Å²) >= 11 is 0. The third-order valence-corrected chi connectivity index (χ3v) is 1.67. The molecule has 0 radical (unpaired) electrons. The molecule has 0 saturated carbocycles. The summed E-state index contributed by atoms with van der Waals surface area (Å²) in [6.07, 6.45) is -1.23. The van der Waals surface area contributed by atoms with Crippen LogP contribution in [-0.4, -0.2) is 27.4 Å². The molecular formula is C9H10O4. The standard InChI is InChI=1S/C6H4O.C3H6O3/c7-6-3-4-1-2-5(4)6;1-2(4)3(5)6/h1-3,7H;2,4H,1H3,(H,5,6). The Morgan fingerprint density at radius 1 is 1.46 bits per heavy atom. The summed E-state index contributed by atoms with van der Waals surface area (Å²) in [5.41, 5.74) is 2.22. The molecule has 0 aliphatic heterocycles. The van der Waals surface area contributed by atoms with Gasteiger partial charge in [0.2, 0.25) is 0 Å². The van der Waals surface area contributed by atoms with Gasteiger partial charge in [-0.2, -0.15) is 0 Å². The fraction of sp³-hybridized carbons (Fsp3) is 0.222. The number of aliphatic hydroxyl groups is 1. The van der Waals surface area contributed by atoms with Crippen LogP contribution in [0.15, 0.2) is 18.2 Å². The van der Waals surface area contributed by atoms with Crippen molar-refractivity contribution in [3.63, 3.8) is 0 Å². The van der Waals surface area contributed by atoms with Crippen LogP contribution in [0.4, 0.5) is 0 Å². The number of hydrogen-bond acceptors (Lipinski definition) is 3. The molecule has 1 atom stereocenters. The van der Waals surface area contributed by atoms with Gasteiger partial charge in [0.05, 0.1) is 0 Å². The molecule has 2 rings (SSSR count). The number of benzene rings is 1. The minimum absolute atomic E-state index is 0.442. The van der Waals surface area contributed by atoms with E-state index in [0.29, 0.717) is 5.75 Å². The maximum Gasteiger partial charge on any atom is 0.332 e. The molecule has 2 aliphatic carbocycles. The molecule has 0 heterocycles. The van der Waals surface area contributed by atoms with Crippen LogP contribution in [0.2, 0.25) is 0 Å². The molecule has 0 aromatic carbocycles. The van der Waals surface area contributed by atoms with E-state index in [1.165, 1.54) is 12.5 Å². The Morgan fingerprint density at radius 3 is 2.00 bits per heavy atom. The van der Waals surface area contributed by atoms with Crippen molar-refractivity contribution in [2.24, 2.45) is 0 Å². The zero-order valence-electron chi connectivity index (χ0n) is 7.06. The Balaban J connectivity index is 0.000000133. The zero-order valence-corrected chi connectivity index (χ0v) is 7.06. The topological polar surface area (TPSA) is 77.8 Å². The number of carboxylic acids is 1. The highest BCUT2D eigenvalue weighted by atomic mass is 16.4. The Morgan fingerprint density at radius 2 is 2.00 bits per heavy atom. The molecule has 0 saturated heterocycles. The molecule has 13 heavy (non-hydrogen) atoms. The van der Waals surface area contributed by atoms with Crippen molar-refractivity contribution < 1.29 is 20.1 Å². The van der Waals surface area contributed by atoms with Crippen molar-refractivity contribution in [1.82, 2.24) is 0 Å². The highest BCUT2D eigenvalue weighted by molar-refractivity contribution is 5.83. The van der Waals surface area contributed by atoms with E-state index in [9.17, 15) is 4.79 Å². The van der Waals surface area contributed by atoms with Gasteiger partial charge in [-0.05, 0) is 18.6 Å². The van der Waals surface area contributed by atoms with Gasteiger partial charge in [0.15, 0.2) is 0 Å². The summed E-state index contributed by atoms with van der Waals surface area (Å²) in [4.78, 5) is 9.45. The van der Waals surface area contributed by atoms with E-state index >= 15 is 0 Å². The van der Waals surface area contributed by atoms with E-state index in [2.05, 4.69) is 0 Å². The number of phenolic OH excluding ortho intramolecular Hbond substituents is 1. The predicted octanol–water partition coefficient (Wildman–Crippen LogP) is 0.824. The molecule has 0 aromatic heterocycles. The first kappa shape index (κ1) is 9.54. The monoisotopic (exact) mass is 182 g/mol. The number of carbonyl (C=O) groups is 1. The van der Waals surface area contributed by atoms with E-state index < -0.39 is 12.1 Å². The predicted molar refractivity (Wildman–Crippen MR) is 46.4 cm³/mol. The molecule has 0 fully saturated rings. The smallest absolute Gasteiger partial charge is 0.332 e. The van der Waals surface area contributed by atoms with Crippen molar-refractivity contribution in [2.75, 3.05) is 0 Å². The van der Waals surface area contributed by atoms with Crippen LogP contribution in [0.5, 0.6) is 5.75 Å². The van der Waals surface area contributed by atoms with Gasteiger partial charge in [-0.3, -0.25) is 0 Å². The van der Waals surface area contributed by atoms with E-state index in [-0.39, 0.29) is 0 Å². The number of aliphatic carboxylic acids is 1. The summed E-state index contributed by atoms with van der Waals surface area (Å²) in [5.74, 6) is -0.743. The second-order valence-electron chi connectivity index (χ2n) is 2.75. The highest BCUT2D eigenvalue weighted by Gasteiger charge is 2.14. The van der Waals surface area contributed by atoms with E-state index in [4.69, 9.17) is 15.3 Å². The van der Waals surface area contributed by atoms with Crippen LogP contribution in [0.1, 0.15) is 6.92 Å². The Hall–Kier alpha value is -1.55. The van der Waals surface area contributed by atoms with Gasteiger partial charge >= 0.3 is 5.97 Å². The molecule has 4 heteroatoms. The van der Waals surface area contributed by atoms with Gasteiger partial charge in [0.1, 0.15) is 11.9 Å². The lowest BCUT2D eigenvalue weighted by Gasteiger charge is -2.14. The third kappa shape index (κ3) is 1.97. The lowest BCUT2D eigenvalue weighted by atomic mass is 9.93. The molecule has 3 N–H and O–H groups in total. The molecule has 4 nitrogen and oxygen atoms in total. The van der Waals surface area contributed by atoms with E-state index in [0.717, 1.165) is 5.56 Å². The van der Waals surface area contributed by atoms with E-state index in [1.54, 1.807) is 6.07 Å². The number of aromatic hydroxyl groups is 1. The minimum Gasteiger partial charge on any atom is -0.507 e. The first-order valence-corrected chi connectivity index (χ1v) is 3.76. The van der Waals surface area contributed by atoms with Gasteiger partial charge in [-0.25, -0.2) is 4.79 Å². The quantitative estimate of drug-likeness (QED) is 0.610. The maximum atomic E-state index is 9.45. The third-order valence-electron chi connectivity index (χ3n) is 1.67. The molecule has 0 aromatic rings. The molecule has 0 spiro atoms. The van der Waals surface area contributed by atoms with Crippen molar-refractivity contribution in [2.45, 2.75) is 13.0 Å². The molecule has 70 valence electrons. The fourth-order valence-corrected chi connectivity index (χ4v) is 0.769. The average molecular weight is 182 g/mol. The summed E-state index contributed by atoms with van der Waals surface area (Å²) in [5, 5.41) is 24.5. The Bertz CT molecular complexity index is 330. The summed E-state index contributed by atoms with van der Waals surface area (Å²) < 4.78 is 0. The minimum atomic E-state index is -1.23. The Kier molecular flexibility index (Phi) is 2.53. The first-order chi connectivity index (χ1) is 6.02. The zero-order chi connectivity index (χ0) is 10.0. The summed E-state index contributed by atoms with van der Waals surface area (Å²) in [6, 6.07) is 5.65. The summed E-state index contributed by atoms with van der Waals surface area (Å²) in [7, 11) is 0. The van der Waals surface area contributed by atoms with Crippen LogP contribution < -0.4 is 0 Å². The molecule has 1 unspecified atom stereocenters. The Labute approximate surface area is 75.1 Å². The van der Waals surface area contributed by atoms with Crippen LogP contribution >= 0.6 is 0 Å². The van der Waals surface area contributed by atoms with Gasteiger partial charge in [-0.1, -0.05) is 12.1 Å². The number of phenols is 1. The van der Waals surface area contributed by atoms with Crippen molar-refractivity contribution in [3.05, 3.63) is 18.2 Å². The van der Waals surface area contributed by atoms with E-state index in [1.807, 2.05) is 12.1 Å². The molecule has 2 aliphatic rings. The lowest BCUT2D eigenvalue weighted by Crippen LogP contribution is -2.13. The van der Waals surface area contributed by atoms with Crippen molar-refractivity contribution in [1.29, 1.82) is 0 Å². The SMILES string of the molecule is CC(O)C(=O)O.Oc1cc2ccc1-2. The van der Waals surface area contributed by atoms with Crippen molar-refractivity contribution in [3.8, 4) is 16.9 Å². The van der Waals surface area contributed by atoms with Gasteiger partial charge in [0, 0.05) is 5.56 Å². The van der Waals surface area contributed by atoms with Crippen LogP contribution in [0.3, 0.4) is 0 Å². The van der Waals surface area contributed by atoms with Gasteiger partial charge in [-0.15, -0.1) is 0 Å². The first-order valence-electron chi connectivity index (χ1n) is 3.76. The number of fused-ring (bicyclic) bond motifs is 1. The largest absolute Gasteiger partial charge is 0.507 e. The van der Waals surface area contributed by atoms with Gasteiger partial charge < -0.3 is 15.3 Å². The summed E-state index contributed by atoms with van der Waals surface area (Å²) in [6.45, 7) is 1.20. The number of carboxylic acid groups (broad SMARTS) is 1. The lowest BCUT2D eigenvalue weighted by molar-refractivity contribution is -0.145.